The number of fused-ring (bicyclic) bond motifs is 3. The molecule has 4 aliphatic rings. The van der Waals surface area contributed by atoms with Gasteiger partial charge in [0.05, 0.1) is 37.6 Å². The fourth-order valence-corrected chi connectivity index (χ4v) is 12.2. The van der Waals surface area contributed by atoms with Crippen molar-refractivity contribution < 1.29 is 77.6 Å². The van der Waals surface area contributed by atoms with E-state index in [1.807, 2.05) is 58.1 Å². The van der Waals surface area contributed by atoms with Crippen LogP contribution in [0.4, 0.5) is 0 Å². The number of esters is 1. The minimum absolute atomic E-state index is 0.0220. The molecule has 0 aromatic heterocycles. The van der Waals surface area contributed by atoms with Gasteiger partial charge in [-0.15, -0.1) is 0 Å². The zero-order valence-corrected chi connectivity index (χ0v) is 50.9. The van der Waals surface area contributed by atoms with Crippen LogP contribution in [-0.2, 0) is 57.1 Å². The molecule has 16 atom stereocenters. The standard InChI is InChI=1S/C61H101NO16Si/c1-39-19-14-13-15-20-40(2)51(74-29-18-22-54(65)76-31-32-79(10,11)12)37-47-25-23-45(7)61(71,78-47)58(68)59(69)62-27-17-16-21-48(62)60(70)77-52(42(4)35-46-24-26-50(75-30-28-63)53(36-46)72-8)38-49(64)41(3)34-44(6)56(67)57(73-9)55(66)43(5)33-39/h13-15,19-20,34,39,41-43,45-48,50-54,56-57,63,65,67,71H,16-18,21-33,35-38H2,1-12H3/b15-13+,19-14+,40-20+,44-34+/t39-,41-,42-,43-,45-,46+,47+,48+,50-,51?,52+,53-,54?,56-,57+,61-/m1/s1. The van der Waals surface area contributed by atoms with Crippen LogP contribution in [0.1, 0.15) is 138 Å². The van der Waals surface area contributed by atoms with Crippen LogP contribution in [0.2, 0.25) is 25.7 Å². The predicted molar refractivity (Wildman–Crippen MR) is 304 cm³/mol. The summed E-state index contributed by atoms with van der Waals surface area (Å²) in [4.78, 5) is 73.1. The zero-order valence-electron chi connectivity index (χ0n) is 49.9. The highest BCUT2D eigenvalue weighted by Gasteiger charge is 2.53. The van der Waals surface area contributed by atoms with Crippen molar-refractivity contribution >= 4 is 37.3 Å². The van der Waals surface area contributed by atoms with E-state index in [0.29, 0.717) is 76.4 Å². The third-order valence-electron chi connectivity index (χ3n) is 16.7. The molecule has 2 bridgehead atoms. The van der Waals surface area contributed by atoms with E-state index < -0.39 is 92.1 Å². The number of carbonyl (C=O) groups excluding carboxylic acids is 5. The number of hydrogen-bond donors (Lipinski definition) is 4. The Bertz CT molecular complexity index is 2070. The van der Waals surface area contributed by atoms with Gasteiger partial charge in [0.15, 0.2) is 12.1 Å². The van der Waals surface area contributed by atoms with E-state index in [-0.39, 0.29) is 87.2 Å². The molecule has 2 unspecified atom stereocenters. The van der Waals surface area contributed by atoms with Crippen LogP contribution in [0, 0.1) is 35.5 Å². The Morgan fingerprint density at radius 2 is 1.58 bits per heavy atom. The highest BCUT2D eigenvalue weighted by atomic mass is 28.3. The summed E-state index contributed by atoms with van der Waals surface area (Å²) in [5.74, 6) is -8.29. The van der Waals surface area contributed by atoms with Gasteiger partial charge >= 0.3 is 5.97 Å². The van der Waals surface area contributed by atoms with Crippen molar-refractivity contribution in [3.63, 3.8) is 0 Å². The van der Waals surface area contributed by atoms with Gasteiger partial charge in [-0.3, -0.25) is 19.2 Å². The van der Waals surface area contributed by atoms with Gasteiger partial charge in [-0.05, 0) is 119 Å². The first-order valence-electron chi connectivity index (χ1n) is 29.4. The van der Waals surface area contributed by atoms with Crippen LogP contribution in [0.15, 0.2) is 47.6 Å². The number of carbonyl (C=O) groups is 5. The van der Waals surface area contributed by atoms with Crippen molar-refractivity contribution in [2.24, 2.45) is 35.5 Å². The molecular weight excluding hydrogens is 1030 g/mol. The molecule has 0 spiro atoms. The highest BCUT2D eigenvalue weighted by molar-refractivity contribution is 6.76. The Labute approximate surface area is 473 Å². The van der Waals surface area contributed by atoms with Crippen molar-refractivity contribution in [1.82, 2.24) is 4.90 Å². The maximum Gasteiger partial charge on any atom is 0.329 e. The van der Waals surface area contributed by atoms with Gasteiger partial charge in [0.1, 0.15) is 30.1 Å². The Kier molecular flexibility index (Phi) is 28.6. The van der Waals surface area contributed by atoms with Crippen LogP contribution >= 0.6 is 0 Å². The second-order valence-electron chi connectivity index (χ2n) is 24.6. The fraction of sp³-hybridized carbons (Fsp3) is 0.787. The Morgan fingerprint density at radius 1 is 0.848 bits per heavy atom. The number of aliphatic hydroxyl groups is 4. The number of ketones is 3. The van der Waals surface area contributed by atoms with Gasteiger partial charge in [-0.2, -0.15) is 0 Å². The number of allylic oxidation sites excluding steroid dienone is 6. The summed E-state index contributed by atoms with van der Waals surface area (Å²) in [7, 11) is 1.66. The first-order chi connectivity index (χ1) is 37.3. The number of ether oxygens (including phenoxy) is 7. The molecule has 1 saturated carbocycles. The molecule has 79 heavy (non-hydrogen) atoms. The number of hydrogen-bond acceptors (Lipinski definition) is 16. The van der Waals surface area contributed by atoms with Crippen molar-refractivity contribution in [3.05, 3.63) is 47.6 Å². The Morgan fingerprint density at radius 3 is 2.27 bits per heavy atom. The van der Waals surface area contributed by atoms with Gasteiger partial charge in [-0.1, -0.05) is 90.7 Å². The summed E-state index contributed by atoms with van der Waals surface area (Å²) in [5.41, 5.74) is 1.21. The molecule has 1 amide bonds. The van der Waals surface area contributed by atoms with Gasteiger partial charge in [0, 0.05) is 79.1 Å². The summed E-state index contributed by atoms with van der Waals surface area (Å²) in [6, 6.07) is -0.246. The van der Waals surface area contributed by atoms with Gasteiger partial charge in [-0.25, -0.2) is 4.79 Å². The van der Waals surface area contributed by atoms with E-state index in [4.69, 9.17) is 33.2 Å². The molecule has 0 radical (unpaired) electrons. The summed E-state index contributed by atoms with van der Waals surface area (Å²) >= 11 is 0. The van der Waals surface area contributed by atoms with Crippen molar-refractivity contribution in [3.8, 4) is 0 Å². The molecule has 1 aliphatic carbocycles. The first kappa shape index (κ1) is 68.2. The van der Waals surface area contributed by atoms with Crippen LogP contribution in [-0.4, -0.2) is 171 Å². The van der Waals surface area contributed by atoms with E-state index >= 15 is 0 Å². The van der Waals surface area contributed by atoms with Gasteiger partial charge < -0.3 is 58.5 Å². The lowest BCUT2D eigenvalue weighted by molar-refractivity contribution is -0.266. The van der Waals surface area contributed by atoms with Gasteiger partial charge in [0.25, 0.3) is 11.7 Å². The average molecular weight is 1130 g/mol. The van der Waals surface area contributed by atoms with Crippen LogP contribution in [0.25, 0.3) is 0 Å². The molecule has 3 fully saturated rings. The molecule has 17 nitrogen and oxygen atoms in total. The SMILES string of the molecule is CO[C@@H]1C[C@H](C[C@@H](C)[C@@H]2CC(=O)[C@H](C)/C=C(\C)[C@@H](O)[C@@H](OC)C(=O)[C@H](C)C[C@H](C)/C=C/C=C/C=C(\C)C(OCCCC(O)OCC[Si](C)(C)C)C[C@@H]3CC[C@@H](C)[C@@](O)(O3)C(=O)C(=O)N3CCCC[C@H]3C(=O)O2)CC[C@H]1OCCO. The van der Waals surface area contributed by atoms with Gasteiger partial charge in [0.2, 0.25) is 5.79 Å². The lowest BCUT2D eigenvalue weighted by Gasteiger charge is -2.43. The fourth-order valence-electron chi connectivity index (χ4n) is 11.5. The number of rotatable bonds is 17. The minimum atomic E-state index is -2.50. The summed E-state index contributed by atoms with van der Waals surface area (Å²) in [5, 5.41) is 43.8. The molecule has 2 saturated heterocycles. The van der Waals surface area contributed by atoms with Crippen LogP contribution in [0.3, 0.4) is 0 Å². The predicted octanol–water partition coefficient (Wildman–Crippen LogP) is 8.02. The van der Waals surface area contributed by atoms with Crippen LogP contribution in [0.5, 0.6) is 0 Å². The van der Waals surface area contributed by atoms with E-state index in [9.17, 15) is 44.4 Å². The maximum atomic E-state index is 14.6. The molecule has 18 heteroatoms. The second-order valence-corrected chi connectivity index (χ2v) is 30.2. The molecule has 450 valence electrons. The summed E-state index contributed by atoms with van der Waals surface area (Å²) < 4.78 is 42.2. The quantitative estimate of drug-likeness (QED) is 0.0270. The van der Waals surface area contributed by atoms with E-state index in [2.05, 4.69) is 19.6 Å². The molecule has 3 heterocycles. The number of nitrogens with zero attached hydrogens (tertiary/aromatic N) is 1. The summed E-state index contributed by atoms with van der Waals surface area (Å²) in [6.07, 6.45) is 11.3. The van der Waals surface area contributed by atoms with Crippen molar-refractivity contribution in [2.45, 2.75) is 225 Å². The highest BCUT2D eigenvalue weighted by Crippen LogP contribution is 2.38. The molecule has 3 aliphatic heterocycles. The number of aliphatic hydroxyl groups excluding tert-OH is 3. The molecule has 0 aromatic rings. The average Bonchev–Trinajstić information content (AvgIpc) is 3.44. The van der Waals surface area contributed by atoms with Crippen molar-refractivity contribution in [2.75, 3.05) is 47.2 Å². The van der Waals surface area contributed by atoms with E-state index in [0.717, 1.165) is 18.0 Å². The smallest absolute Gasteiger partial charge is 0.329 e. The lowest BCUT2D eigenvalue weighted by Crippen LogP contribution is -2.61. The van der Waals surface area contributed by atoms with E-state index in [1.165, 1.54) is 12.0 Å². The normalized spacial score (nSPS) is 36.0. The Balaban J connectivity index is 1.69. The number of Topliss-reactive ketones (excluding diaryl/α,β-unsaturated/α-hetero) is 3. The zero-order chi connectivity index (χ0) is 58.6. The molecular formula is C61H101NO16Si. The largest absolute Gasteiger partial charge is 0.460 e. The number of cyclic esters (lactones) is 1. The number of amides is 1. The first-order valence-corrected chi connectivity index (χ1v) is 33.1. The minimum Gasteiger partial charge on any atom is -0.460 e. The second kappa shape index (κ2) is 33.1. The third-order valence-corrected chi connectivity index (χ3v) is 18.4. The van der Waals surface area contributed by atoms with Crippen LogP contribution < -0.4 is 0 Å². The number of methoxy groups -OCH3 is 2. The molecule has 4 N–H and O–H groups in total. The Hall–Kier alpha value is -3.27. The summed E-state index contributed by atoms with van der Waals surface area (Å²) in [6.45, 7) is 20.3. The lowest BCUT2D eigenvalue weighted by atomic mass is 9.78. The van der Waals surface area contributed by atoms with E-state index in [1.54, 1.807) is 34.0 Å². The van der Waals surface area contributed by atoms with Crippen molar-refractivity contribution in [1.29, 1.82) is 0 Å². The monoisotopic (exact) mass is 1130 g/mol. The maximum absolute atomic E-state index is 14.6. The third kappa shape index (κ3) is 21.1. The topological polar surface area (TPSA) is 234 Å². The number of piperidine rings is 1. The molecule has 0 aromatic carbocycles. The molecule has 4 rings (SSSR count).